The number of anilines is 1. The summed E-state index contributed by atoms with van der Waals surface area (Å²) in [7, 11) is 0. The topological polar surface area (TPSA) is 68.3 Å². The van der Waals surface area contributed by atoms with Crippen molar-refractivity contribution >= 4 is 11.6 Å². The molecule has 4 nitrogen and oxygen atoms in total. The maximum absolute atomic E-state index is 13.0. The third-order valence-electron chi connectivity index (χ3n) is 2.26. The number of rotatable bonds is 3. The highest BCUT2D eigenvalue weighted by molar-refractivity contribution is 5.99. The van der Waals surface area contributed by atoms with Gasteiger partial charge in [0.2, 0.25) is 0 Å². The number of carbonyl (C=O) groups excluding carboxylic acids is 1. The minimum Gasteiger partial charge on any atom is -0.467 e. The summed E-state index contributed by atoms with van der Waals surface area (Å²) >= 11 is 0. The lowest BCUT2D eigenvalue weighted by Gasteiger charge is -2.06. The number of nitrogens with one attached hydrogen (secondary N) is 1. The van der Waals surface area contributed by atoms with Gasteiger partial charge < -0.3 is 15.5 Å². The number of halogens is 1. The summed E-state index contributed by atoms with van der Waals surface area (Å²) in [5.41, 5.74) is 5.95. The van der Waals surface area contributed by atoms with Gasteiger partial charge in [-0.2, -0.15) is 0 Å². The van der Waals surface area contributed by atoms with E-state index in [1.807, 2.05) is 0 Å². The van der Waals surface area contributed by atoms with Gasteiger partial charge in [0.15, 0.2) is 0 Å². The normalized spacial score (nSPS) is 10.2. The van der Waals surface area contributed by atoms with Crippen molar-refractivity contribution in [3.8, 4) is 0 Å². The summed E-state index contributed by atoms with van der Waals surface area (Å²) in [5, 5.41) is 2.59. The van der Waals surface area contributed by atoms with Crippen LogP contribution in [0.25, 0.3) is 0 Å². The molecule has 0 aliphatic rings. The maximum atomic E-state index is 13.0. The molecule has 0 spiro atoms. The molecule has 0 atom stereocenters. The molecule has 2 aromatic rings. The number of amides is 1. The average Bonchev–Trinajstić information content (AvgIpc) is 2.82. The Hall–Kier alpha value is -2.30. The molecule has 1 aromatic carbocycles. The summed E-state index contributed by atoms with van der Waals surface area (Å²) < 4.78 is 18.0. The average molecular weight is 234 g/mol. The Morgan fingerprint density at radius 3 is 2.94 bits per heavy atom. The van der Waals surface area contributed by atoms with Crippen molar-refractivity contribution < 1.29 is 13.6 Å². The van der Waals surface area contributed by atoms with Crippen molar-refractivity contribution in [1.29, 1.82) is 0 Å². The predicted octanol–water partition coefficient (Wildman–Crippen LogP) is 1.93. The highest BCUT2D eigenvalue weighted by Gasteiger charge is 2.10. The number of furan rings is 1. The van der Waals surface area contributed by atoms with Crippen LogP contribution >= 0.6 is 0 Å². The van der Waals surface area contributed by atoms with Gasteiger partial charge in [0.25, 0.3) is 5.91 Å². The molecule has 88 valence electrons. The Kier molecular flexibility index (Phi) is 3.09. The number of benzene rings is 1. The molecule has 1 amide bonds. The van der Waals surface area contributed by atoms with E-state index < -0.39 is 11.7 Å². The smallest absolute Gasteiger partial charge is 0.253 e. The molecule has 5 heteroatoms. The van der Waals surface area contributed by atoms with Crippen LogP contribution < -0.4 is 11.1 Å². The Morgan fingerprint density at radius 2 is 2.24 bits per heavy atom. The van der Waals surface area contributed by atoms with Gasteiger partial charge >= 0.3 is 0 Å². The van der Waals surface area contributed by atoms with E-state index in [4.69, 9.17) is 10.2 Å². The van der Waals surface area contributed by atoms with Crippen LogP contribution in [-0.4, -0.2) is 5.91 Å². The summed E-state index contributed by atoms with van der Waals surface area (Å²) in [6.07, 6.45) is 1.51. The first kappa shape index (κ1) is 11.2. The van der Waals surface area contributed by atoms with Gasteiger partial charge in [-0.15, -0.1) is 0 Å². The van der Waals surface area contributed by atoms with E-state index in [0.717, 1.165) is 6.07 Å². The summed E-state index contributed by atoms with van der Waals surface area (Å²) in [6, 6.07) is 7.12. The minimum atomic E-state index is -0.498. The van der Waals surface area contributed by atoms with Crippen LogP contribution in [0, 0.1) is 5.82 Å². The molecule has 2 rings (SSSR count). The van der Waals surface area contributed by atoms with Gasteiger partial charge in [0.05, 0.1) is 18.4 Å². The number of hydrogen-bond acceptors (Lipinski definition) is 3. The van der Waals surface area contributed by atoms with E-state index in [9.17, 15) is 9.18 Å². The van der Waals surface area contributed by atoms with Gasteiger partial charge in [0, 0.05) is 5.69 Å². The van der Waals surface area contributed by atoms with E-state index in [2.05, 4.69) is 5.32 Å². The van der Waals surface area contributed by atoms with Crippen LogP contribution in [0.4, 0.5) is 10.1 Å². The van der Waals surface area contributed by atoms with Crippen LogP contribution in [0.1, 0.15) is 16.1 Å². The van der Waals surface area contributed by atoms with Crippen LogP contribution in [-0.2, 0) is 6.54 Å². The SMILES string of the molecule is Nc1ccc(F)cc1C(=O)NCc1ccco1. The quantitative estimate of drug-likeness (QED) is 0.797. The Morgan fingerprint density at radius 1 is 1.41 bits per heavy atom. The molecule has 0 fully saturated rings. The van der Waals surface area contributed by atoms with E-state index >= 15 is 0 Å². The number of hydrogen-bond donors (Lipinski definition) is 2. The van der Waals surface area contributed by atoms with Crippen molar-refractivity contribution in [3.05, 3.63) is 53.7 Å². The lowest BCUT2D eigenvalue weighted by Crippen LogP contribution is -2.23. The fourth-order valence-electron chi connectivity index (χ4n) is 1.40. The van der Waals surface area contributed by atoms with Crippen LogP contribution in [0.15, 0.2) is 41.0 Å². The second-order valence-electron chi connectivity index (χ2n) is 3.49. The lowest BCUT2D eigenvalue weighted by molar-refractivity contribution is 0.0948. The van der Waals surface area contributed by atoms with E-state index in [1.165, 1.54) is 18.4 Å². The van der Waals surface area contributed by atoms with Crippen molar-refractivity contribution in [2.24, 2.45) is 0 Å². The van der Waals surface area contributed by atoms with Crippen molar-refractivity contribution in [2.75, 3.05) is 5.73 Å². The lowest BCUT2D eigenvalue weighted by atomic mass is 10.1. The largest absolute Gasteiger partial charge is 0.467 e. The van der Waals surface area contributed by atoms with Crippen LogP contribution in [0.2, 0.25) is 0 Å². The zero-order valence-electron chi connectivity index (χ0n) is 8.94. The fraction of sp³-hybridized carbons (Fsp3) is 0.0833. The second-order valence-corrected chi connectivity index (χ2v) is 3.49. The third-order valence-corrected chi connectivity index (χ3v) is 2.26. The monoisotopic (exact) mass is 234 g/mol. The molecular weight excluding hydrogens is 223 g/mol. The van der Waals surface area contributed by atoms with Crippen molar-refractivity contribution in [2.45, 2.75) is 6.54 Å². The van der Waals surface area contributed by atoms with Crippen molar-refractivity contribution in [1.82, 2.24) is 5.32 Å². The molecular formula is C12H11FN2O2. The fourth-order valence-corrected chi connectivity index (χ4v) is 1.40. The van der Waals surface area contributed by atoms with Crippen LogP contribution in [0.3, 0.4) is 0 Å². The Bertz CT molecular complexity index is 523. The first-order chi connectivity index (χ1) is 8.16. The molecule has 1 aromatic heterocycles. The molecule has 3 N–H and O–H groups in total. The first-order valence-electron chi connectivity index (χ1n) is 5.02. The Labute approximate surface area is 97.2 Å². The van der Waals surface area contributed by atoms with E-state index in [-0.39, 0.29) is 17.8 Å². The zero-order valence-corrected chi connectivity index (χ0v) is 8.94. The molecule has 0 saturated heterocycles. The van der Waals surface area contributed by atoms with Gasteiger partial charge in [-0.25, -0.2) is 4.39 Å². The molecule has 17 heavy (non-hydrogen) atoms. The second kappa shape index (κ2) is 4.69. The van der Waals surface area contributed by atoms with Gasteiger partial charge in [-0.3, -0.25) is 4.79 Å². The summed E-state index contributed by atoms with van der Waals surface area (Å²) in [5.74, 6) is -0.311. The highest BCUT2D eigenvalue weighted by Crippen LogP contribution is 2.13. The predicted molar refractivity (Wildman–Crippen MR) is 60.7 cm³/mol. The van der Waals surface area contributed by atoms with Crippen molar-refractivity contribution in [3.63, 3.8) is 0 Å². The molecule has 0 aliphatic carbocycles. The maximum Gasteiger partial charge on any atom is 0.253 e. The summed E-state index contributed by atoms with van der Waals surface area (Å²) in [4.78, 5) is 11.7. The van der Waals surface area contributed by atoms with Gasteiger partial charge in [-0.05, 0) is 30.3 Å². The molecule has 1 heterocycles. The molecule has 0 radical (unpaired) electrons. The van der Waals surface area contributed by atoms with E-state index in [0.29, 0.717) is 5.76 Å². The summed E-state index contributed by atoms with van der Waals surface area (Å²) in [6.45, 7) is 0.238. The first-order valence-corrected chi connectivity index (χ1v) is 5.02. The standard InChI is InChI=1S/C12H11FN2O2/c13-8-3-4-11(14)10(6-8)12(16)15-7-9-2-1-5-17-9/h1-6H,7,14H2,(H,15,16). The third kappa shape index (κ3) is 2.63. The molecule has 0 saturated carbocycles. The van der Waals surface area contributed by atoms with E-state index in [1.54, 1.807) is 12.1 Å². The molecule has 0 unspecified atom stereocenters. The number of nitrogens with two attached hydrogens (primary N) is 1. The van der Waals surface area contributed by atoms with Gasteiger partial charge in [-0.1, -0.05) is 0 Å². The number of carbonyl (C=O) groups is 1. The zero-order chi connectivity index (χ0) is 12.3. The molecule has 0 aliphatic heterocycles. The minimum absolute atomic E-state index is 0.122. The van der Waals surface area contributed by atoms with Gasteiger partial charge in [0.1, 0.15) is 11.6 Å². The number of nitrogen functional groups attached to an aromatic ring is 1. The molecule has 0 bridgehead atoms. The highest BCUT2D eigenvalue weighted by atomic mass is 19.1. The van der Waals surface area contributed by atoms with Crippen LogP contribution in [0.5, 0.6) is 0 Å². The Balaban J connectivity index is 2.07.